The van der Waals surface area contributed by atoms with E-state index in [0.29, 0.717) is 17.8 Å². The smallest absolute Gasteiger partial charge is 0.231 e. The predicted molar refractivity (Wildman–Crippen MR) is 96.4 cm³/mol. The lowest BCUT2D eigenvalue weighted by atomic mass is 10.1. The Labute approximate surface area is 151 Å². The zero-order valence-electron chi connectivity index (χ0n) is 15.0. The Balaban J connectivity index is 1.76. The number of rotatable bonds is 6. The average molecular weight is 359 g/mol. The van der Waals surface area contributed by atoms with E-state index in [2.05, 4.69) is 33.7 Å². The summed E-state index contributed by atoms with van der Waals surface area (Å²) in [7, 11) is 0. The lowest BCUT2D eigenvalue weighted by Crippen LogP contribution is -2.44. The van der Waals surface area contributed by atoms with Crippen molar-refractivity contribution in [2.75, 3.05) is 10.6 Å². The van der Waals surface area contributed by atoms with Crippen LogP contribution in [0, 0.1) is 23.5 Å². The number of benzene rings is 1. The quantitative estimate of drug-likeness (QED) is 0.850. The van der Waals surface area contributed by atoms with Gasteiger partial charge < -0.3 is 10.6 Å². The highest BCUT2D eigenvalue weighted by Crippen LogP contribution is 2.42. The fourth-order valence-corrected chi connectivity index (χ4v) is 3.63. The molecule has 26 heavy (non-hydrogen) atoms. The summed E-state index contributed by atoms with van der Waals surface area (Å²) < 4.78 is 27.8. The van der Waals surface area contributed by atoms with E-state index < -0.39 is 11.6 Å². The SMILES string of the molecule is C[C@H](C1CC1)N(c1nc(N)nc(-c2cc(F)ccc2F)n1)[C@H](C)C1CC1. The van der Waals surface area contributed by atoms with Gasteiger partial charge in [-0.05, 0) is 69.6 Å². The van der Waals surface area contributed by atoms with Gasteiger partial charge in [-0.25, -0.2) is 8.78 Å². The minimum absolute atomic E-state index is 0.00144. The van der Waals surface area contributed by atoms with E-state index in [-0.39, 0.29) is 29.4 Å². The normalized spacial score (nSPS) is 19.2. The summed E-state index contributed by atoms with van der Waals surface area (Å²) in [6, 6.07) is 3.78. The van der Waals surface area contributed by atoms with Crippen molar-refractivity contribution >= 4 is 11.9 Å². The van der Waals surface area contributed by atoms with Gasteiger partial charge in [0, 0.05) is 12.1 Å². The number of hydrogen-bond acceptors (Lipinski definition) is 5. The molecule has 1 aromatic heterocycles. The van der Waals surface area contributed by atoms with Crippen molar-refractivity contribution in [1.29, 1.82) is 0 Å². The van der Waals surface area contributed by atoms with E-state index in [1.807, 2.05) is 0 Å². The van der Waals surface area contributed by atoms with Crippen molar-refractivity contribution in [3.63, 3.8) is 0 Å². The molecule has 0 bridgehead atoms. The van der Waals surface area contributed by atoms with Gasteiger partial charge in [-0.1, -0.05) is 0 Å². The van der Waals surface area contributed by atoms with E-state index in [9.17, 15) is 8.78 Å². The predicted octanol–water partition coefficient (Wildman–Crippen LogP) is 3.80. The molecule has 0 saturated heterocycles. The first-order valence-corrected chi connectivity index (χ1v) is 9.19. The highest BCUT2D eigenvalue weighted by atomic mass is 19.1. The van der Waals surface area contributed by atoms with Crippen LogP contribution in [0.25, 0.3) is 11.4 Å². The molecular formula is C19H23F2N5. The zero-order chi connectivity index (χ0) is 18.4. The Kier molecular flexibility index (Phi) is 4.25. The van der Waals surface area contributed by atoms with Gasteiger partial charge in [-0.3, -0.25) is 0 Å². The van der Waals surface area contributed by atoms with Gasteiger partial charge in [0.2, 0.25) is 11.9 Å². The summed E-state index contributed by atoms with van der Waals surface area (Å²) in [6.07, 6.45) is 4.78. The second-order valence-electron chi connectivity index (χ2n) is 7.50. The Morgan fingerprint density at radius 2 is 1.62 bits per heavy atom. The van der Waals surface area contributed by atoms with Crippen LogP contribution in [0.3, 0.4) is 0 Å². The first-order valence-electron chi connectivity index (χ1n) is 9.19. The summed E-state index contributed by atoms with van der Waals surface area (Å²) in [5.74, 6) is 0.642. The first kappa shape index (κ1) is 17.1. The van der Waals surface area contributed by atoms with Crippen molar-refractivity contribution < 1.29 is 8.78 Å². The minimum Gasteiger partial charge on any atom is -0.368 e. The molecule has 0 unspecified atom stereocenters. The average Bonchev–Trinajstić information content (AvgIpc) is 3.49. The van der Waals surface area contributed by atoms with E-state index in [1.165, 1.54) is 25.7 Å². The van der Waals surface area contributed by atoms with Crippen molar-refractivity contribution in [1.82, 2.24) is 15.0 Å². The maximum Gasteiger partial charge on any atom is 0.231 e. The summed E-state index contributed by atoms with van der Waals surface area (Å²) in [5.41, 5.74) is 5.90. The van der Waals surface area contributed by atoms with Crippen LogP contribution < -0.4 is 10.6 Å². The van der Waals surface area contributed by atoms with E-state index in [4.69, 9.17) is 5.73 Å². The number of anilines is 2. The Bertz CT molecular complexity index is 802. The summed E-state index contributed by atoms with van der Waals surface area (Å²) in [6.45, 7) is 4.36. The molecule has 0 amide bonds. The third-order valence-corrected chi connectivity index (χ3v) is 5.53. The lowest BCUT2D eigenvalue weighted by Gasteiger charge is -2.35. The van der Waals surface area contributed by atoms with Gasteiger partial charge in [0.1, 0.15) is 11.6 Å². The van der Waals surface area contributed by atoms with Crippen LogP contribution in [0.2, 0.25) is 0 Å². The van der Waals surface area contributed by atoms with Crippen LogP contribution in [0.5, 0.6) is 0 Å². The largest absolute Gasteiger partial charge is 0.368 e. The molecule has 4 rings (SSSR count). The molecule has 2 aliphatic carbocycles. The van der Waals surface area contributed by atoms with E-state index in [0.717, 1.165) is 18.2 Å². The molecule has 2 fully saturated rings. The van der Waals surface area contributed by atoms with Gasteiger partial charge in [0.05, 0.1) is 5.56 Å². The molecule has 2 aromatic rings. The maximum atomic E-state index is 14.2. The molecule has 7 heteroatoms. The van der Waals surface area contributed by atoms with Crippen molar-refractivity contribution in [2.24, 2.45) is 11.8 Å². The molecular weight excluding hydrogens is 336 g/mol. The molecule has 138 valence electrons. The van der Waals surface area contributed by atoms with Crippen molar-refractivity contribution in [2.45, 2.75) is 51.6 Å². The Morgan fingerprint density at radius 1 is 1.00 bits per heavy atom. The molecule has 2 saturated carbocycles. The van der Waals surface area contributed by atoms with Crippen molar-refractivity contribution in [3.05, 3.63) is 29.8 Å². The molecule has 2 atom stereocenters. The molecule has 2 N–H and O–H groups in total. The second-order valence-corrected chi connectivity index (χ2v) is 7.50. The summed E-state index contributed by atoms with van der Waals surface area (Å²) in [5, 5.41) is 0. The zero-order valence-corrected chi connectivity index (χ0v) is 15.0. The summed E-state index contributed by atoms with van der Waals surface area (Å²) in [4.78, 5) is 15.1. The fraction of sp³-hybridized carbons (Fsp3) is 0.526. The lowest BCUT2D eigenvalue weighted by molar-refractivity contribution is 0.467. The van der Waals surface area contributed by atoms with Gasteiger partial charge in [0.15, 0.2) is 5.82 Å². The van der Waals surface area contributed by atoms with Crippen LogP contribution in [0.4, 0.5) is 20.7 Å². The number of hydrogen-bond donors (Lipinski definition) is 1. The third kappa shape index (κ3) is 3.34. The third-order valence-electron chi connectivity index (χ3n) is 5.53. The molecule has 0 radical (unpaired) electrons. The molecule has 1 aromatic carbocycles. The standard InChI is InChI=1S/C19H23F2N5/c1-10(12-3-4-12)26(11(2)13-5-6-13)19-24-17(23-18(22)25-19)15-9-14(20)7-8-16(15)21/h7-13H,3-6H2,1-2H3,(H2,22,23,24,25)/t10-,11-/m1/s1. The van der Waals surface area contributed by atoms with Crippen LogP contribution >= 0.6 is 0 Å². The number of aromatic nitrogens is 3. The van der Waals surface area contributed by atoms with Gasteiger partial charge in [0.25, 0.3) is 0 Å². The van der Waals surface area contributed by atoms with Crippen LogP contribution in [-0.4, -0.2) is 27.0 Å². The number of nitrogens with zero attached hydrogens (tertiary/aromatic N) is 4. The number of nitrogen functional groups attached to an aromatic ring is 1. The monoisotopic (exact) mass is 359 g/mol. The molecule has 5 nitrogen and oxygen atoms in total. The summed E-state index contributed by atoms with van der Waals surface area (Å²) >= 11 is 0. The Hall–Kier alpha value is -2.31. The van der Waals surface area contributed by atoms with Gasteiger partial charge in [-0.15, -0.1) is 0 Å². The number of halogens is 2. The number of nitrogens with two attached hydrogens (primary N) is 1. The fourth-order valence-electron chi connectivity index (χ4n) is 3.63. The highest BCUT2D eigenvalue weighted by Gasteiger charge is 2.40. The van der Waals surface area contributed by atoms with Crippen LogP contribution in [0.15, 0.2) is 18.2 Å². The minimum atomic E-state index is -0.583. The highest BCUT2D eigenvalue weighted by molar-refractivity contribution is 5.59. The molecule has 0 aliphatic heterocycles. The van der Waals surface area contributed by atoms with Gasteiger partial charge >= 0.3 is 0 Å². The topological polar surface area (TPSA) is 67.9 Å². The van der Waals surface area contributed by atoms with Crippen molar-refractivity contribution in [3.8, 4) is 11.4 Å². The molecule has 0 spiro atoms. The maximum absolute atomic E-state index is 14.2. The second kappa shape index (κ2) is 6.45. The first-order chi connectivity index (χ1) is 12.4. The van der Waals surface area contributed by atoms with E-state index >= 15 is 0 Å². The van der Waals surface area contributed by atoms with E-state index in [1.54, 1.807) is 0 Å². The molecule has 1 heterocycles. The van der Waals surface area contributed by atoms with Gasteiger partial charge in [-0.2, -0.15) is 15.0 Å². The van der Waals surface area contributed by atoms with Crippen LogP contribution in [0.1, 0.15) is 39.5 Å². The van der Waals surface area contributed by atoms with Crippen LogP contribution in [-0.2, 0) is 0 Å². The molecule has 2 aliphatic rings. The Morgan fingerprint density at radius 3 is 2.19 bits per heavy atom.